The van der Waals surface area contributed by atoms with Crippen molar-refractivity contribution >= 4 is 5.91 Å². The number of nitrogens with zero attached hydrogens (tertiary/aromatic N) is 1. The van der Waals surface area contributed by atoms with E-state index in [0.717, 1.165) is 6.54 Å². The minimum Gasteiger partial charge on any atom is -0.353 e. The molecule has 1 aromatic carbocycles. The van der Waals surface area contributed by atoms with Crippen molar-refractivity contribution in [2.24, 2.45) is 5.73 Å². The van der Waals surface area contributed by atoms with Gasteiger partial charge in [-0.15, -0.1) is 0 Å². The molecule has 104 valence electrons. The molecule has 0 radical (unpaired) electrons. The zero-order chi connectivity index (χ0) is 14.0. The van der Waals surface area contributed by atoms with Gasteiger partial charge in [0.15, 0.2) is 0 Å². The lowest BCUT2D eigenvalue weighted by molar-refractivity contribution is -0.129. The van der Waals surface area contributed by atoms with Gasteiger partial charge >= 0.3 is 0 Å². The number of hydrogen-bond acceptors (Lipinski definition) is 3. The monoisotopic (exact) mass is 261 g/mol. The van der Waals surface area contributed by atoms with Crippen molar-refractivity contribution in [1.29, 1.82) is 0 Å². The lowest BCUT2D eigenvalue weighted by atomic mass is 9.93. The maximum absolute atomic E-state index is 11.9. The number of nitrogens with two attached hydrogens (primary N) is 1. The summed E-state index contributed by atoms with van der Waals surface area (Å²) in [6, 6.07) is 8.21. The number of aryl methyl sites for hydroxylation is 1. The molecule has 0 spiro atoms. The summed E-state index contributed by atoms with van der Waals surface area (Å²) in [6.45, 7) is 7.59. The first-order chi connectivity index (χ1) is 9.02. The summed E-state index contributed by atoms with van der Waals surface area (Å²) in [4.78, 5) is 14.1. The summed E-state index contributed by atoms with van der Waals surface area (Å²) in [7, 11) is 0. The van der Waals surface area contributed by atoms with Gasteiger partial charge in [0.05, 0.1) is 12.1 Å². The first kappa shape index (κ1) is 14.0. The van der Waals surface area contributed by atoms with E-state index in [9.17, 15) is 4.79 Å². The van der Waals surface area contributed by atoms with Crippen LogP contribution in [0, 0.1) is 6.92 Å². The Morgan fingerprint density at radius 3 is 2.74 bits per heavy atom. The second-order valence-corrected chi connectivity index (χ2v) is 5.37. The maximum Gasteiger partial charge on any atom is 0.237 e. The number of benzene rings is 1. The lowest BCUT2D eigenvalue weighted by Gasteiger charge is -2.41. The molecule has 1 saturated heterocycles. The fraction of sp³-hybridized carbons (Fsp3) is 0.533. The van der Waals surface area contributed by atoms with Crippen molar-refractivity contribution < 1.29 is 4.79 Å². The molecule has 2 rings (SSSR count). The molecular formula is C15H23N3O. The van der Waals surface area contributed by atoms with Crippen LogP contribution in [-0.4, -0.2) is 36.0 Å². The molecule has 4 nitrogen and oxygen atoms in total. The van der Waals surface area contributed by atoms with Crippen LogP contribution in [0.4, 0.5) is 0 Å². The highest BCUT2D eigenvalue weighted by Gasteiger charge is 2.34. The van der Waals surface area contributed by atoms with Crippen LogP contribution in [0.15, 0.2) is 24.3 Å². The Morgan fingerprint density at radius 1 is 1.42 bits per heavy atom. The van der Waals surface area contributed by atoms with Gasteiger partial charge in [-0.05, 0) is 31.9 Å². The van der Waals surface area contributed by atoms with Crippen molar-refractivity contribution in [1.82, 2.24) is 10.2 Å². The van der Waals surface area contributed by atoms with Crippen molar-refractivity contribution in [2.45, 2.75) is 38.9 Å². The van der Waals surface area contributed by atoms with Crippen LogP contribution in [0.25, 0.3) is 0 Å². The molecular weight excluding hydrogens is 238 g/mol. The van der Waals surface area contributed by atoms with E-state index in [0.29, 0.717) is 6.54 Å². The topological polar surface area (TPSA) is 58.4 Å². The largest absolute Gasteiger partial charge is 0.353 e. The van der Waals surface area contributed by atoms with Crippen LogP contribution < -0.4 is 11.1 Å². The van der Waals surface area contributed by atoms with Gasteiger partial charge in [-0.25, -0.2) is 0 Å². The van der Waals surface area contributed by atoms with Crippen molar-refractivity contribution in [3.63, 3.8) is 0 Å². The second-order valence-electron chi connectivity index (χ2n) is 5.37. The number of carbonyl (C=O) groups excluding carboxylic acids is 1. The minimum atomic E-state index is -0.135. The number of amides is 1. The van der Waals surface area contributed by atoms with E-state index in [1.807, 2.05) is 26.0 Å². The molecule has 1 aliphatic rings. The van der Waals surface area contributed by atoms with Gasteiger partial charge in [-0.2, -0.15) is 0 Å². The molecule has 1 fully saturated rings. The molecule has 0 bridgehead atoms. The summed E-state index contributed by atoms with van der Waals surface area (Å²) in [6.07, 6.45) is 0. The Kier molecular flexibility index (Phi) is 4.22. The van der Waals surface area contributed by atoms with Gasteiger partial charge in [0.1, 0.15) is 0 Å². The Hall–Kier alpha value is -1.39. The normalized spacial score (nSPS) is 23.8. The number of hydrogen-bond donors (Lipinski definition) is 2. The molecule has 0 aliphatic carbocycles. The predicted octanol–water partition coefficient (Wildman–Crippen LogP) is 1.20. The van der Waals surface area contributed by atoms with Gasteiger partial charge < -0.3 is 11.1 Å². The summed E-state index contributed by atoms with van der Waals surface area (Å²) in [5.74, 6) is 0.0884. The molecule has 1 amide bonds. The Labute approximate surface area is 115 Å². The quantitative estimate of drug-likeness (QED) is 0.859. The highest BCUT2D eigenvalue weighted by molar-refractivity contribution is 5.82. The van der Waals surface area contributed by atoms with E-state index >= 15 is 0 Å². The fourth-order valence-electron chi connectivity index (χ4n) is 2.86. The smallest absolute Gasteiger partial charge is 0.237 e. The first-order valence-electron chi connectivity index (χ1n) is 6.87. The summed E-state index contributed by atoms with van der Waals surface area (Å²) in [5, 5.41) is 2.90. The van der Waals surface area contributed by atoms with Gasteiger partial charge in [0.25, 0.3) is 0 Å². The van der Waals surface area contributed by atoms with E-state index in [1.165, 1.54) is 11.1 Å². The van der Waals surface area contributed by atoms with E-state index in [2.05, 4.69) is 29.3 Å². The zero-order valence-corrected chi connectivity index (χ0v) is 11.9. The Morgan fingerprint density at radius 2 is 2.11 bits per heavy atom. The van der Waals surface area contributed by atoms with Crippen molar-refractivity contribution in [2.75, 3.05) is 13.1 Å². The average molecular weight is 261 g/mol. The summed E-state index contributed by atoms with van der Waals surface area (Å²) >= 11 is 0. The third-order valence-electron chi connectivity index (χ3n) is 3.91. The van der Waals surface area contributed by atoms with E-state index < -0.39 is 0 Å². The molecule has 0 saturated carbocycles. The molecule has 0 aromatic heterocycles. The molecule has 3 unspecified atom stereocenters. The third-order valence-corrected chi connectivity index (χ3v) is 3.91. The molecule has 1 aromatic rings. The average Bonchev–Trinajstić information content (AvgIpc) is 2.37. The van der Waals surface area contributed by atoms with Crippen molar-refractivity contribution in [3.05, 3.63) is 35.4 Å². The van der Waals surface area contributed by atoms with Crippen LogP contribution in [0.2, 0.25) is 0 Å². The molecule has 19 heavy (non-hydrogen) atoms. The highest BCUT2D eigenvalue weighted by atomic mass is 16.2. The van der Waals surface area contributed by atoms with Gasteiger partial charge in [0.2, 0.25) is 5.91 Å². The van der Waals surface area contributed by atoms with Gasteiger partial charge in [-0.1, -0.05) is 24.3 Å². The third kappa shape index (κ3) is 2.80. The zero-order valence-electron chi connectivity index (χ0n) is 11.9. The van der Waals surface area contributed by atoms with Crippen LogP contribution >= 0.6 is 0 Å². The Balaban J connectivity index is 2.35. The summed E-state index contributed by atoms with van der Waals surface area (Å²) < 4.78 is 0. The second kappa shape index (κ2) is 5.72. The molecule has 4 heteroatoms. The van der Waals surface area contributed by atoms with Crippen LogP contribution in [0.5, 0.6) is 0 Å². The highest BCUT2D eigenvalue weighted by Crippen LogP contribution is 2.28. The van der Waals surface area contributed by atoms with Gasteiger partial charge in [0, 0.05) is 19.1 Å². The Bertz CT molecular complexity index is 458. The maximum atomic E-state index is 11.9. The predicted molar refractivity (Wildman–Crippen MR) is 76.7 cm³/mol. The number of piperazine rings is 1. The number of rotatable bonds is 3. The van der Waals surface area contributed by atoms with E-state index in [1.54, 1.807) is 0 Å². The number of carbonyl (C=O) groups is 1. The molecule has 1 aliphatic heterocycles. The van der Waals surface area contributed by atoms with Crippen LogP contribution in [-0.2, 0) is 4.79 Å². The minimum absolute atomic E-state index is 0.0190. The SMILES string of the molecule is Cc1ccccc1C(C(C)N)N1CCNC(=O)C1C. The fourth-order valence-corrected chi connectivity index (χ4v) is 2.86. The van der Waals surface area contributed by atoms with E-state index in [-0.39, 0.29) is 24.0 Å². The van der Waals surface area contributed by atoms with Crippen molar-refractivity contribution in [3.8, 4) is 0 Å². The summed E-state index contributed by atoms with van der Waals surface area (Å²) in [5.41, 5.74) is 8.65. The molecule has 3 N–H and O–H groups in total. The molecule has 3 atom stereocenters. The van der Waals surface area contributed by atoms with E-state index in [4.69, 9.17) is 5.73 Å². The van der Waals surface area contributed by atoms with Crippen LogP contribution in [0.3, 0.4) is 0 Å². The number of nitrogens with one attached hydrogen (secondary N) is 1. The first-order valence-corrected chi connectivity index (χ1v) is 6.87. The lowest BCUT2D eigenvalue weighted by Crippen LogP contribution is -2.57. The standard InChI is InChI=1S/C15H23N3O/c1-10-6-4-5-7-13(10)14(11(2)16)18-9-8-17-15(19)12(18)3/h4-7,11-12,14H,8-9,16H2,1-3H3,(H,17,19). The van der Waals surface area contributed by atoms with Gasteiger partial charge in [-0.3, -0.25) is 9.69 Å². The van der Waals surface area contributed by atoms with Crippen LogP contribution in [0.1, 0.15) is 31.0 Å². The molecule has 1 heterocycles.